The predicted octanol–water partition coefficient (Wildman–Crippen LogP) is 6.48. The topological polar surface area (TPSA) is 122 Å². The van der Waals surface area contributed by atoms with E-state index in [9.17, 15) is 24.3 Å². The Balaban J connectivity index is 1.35. The highest BCUT2D eigenvalue weighted by Crippen LogP contribution is 2.26. The molecule has 0 fully saturated rings. The Labute approximate surface area is 235 Å². The first-order chi connectivity index (χ1) is 19.4. The molecule has 0 atom stereocenters. The van der Waals surface area contributed by atoms with Crippen molar-refractivity contribution in [3.63, 3.8) is 0 Å². The van der Waals surface area contributed by atoms with Gasteiger partial charge in [-0.3, -0.25) is 9.59 Å². The summed E-state index contributed by atoms with van der Waals surface area (Å²) in [5.74, 6) is -2.03. The van der Waals surface area contributed by atoms with Crippen LogP contribution in [0.5, 0.6) is 0 Å². The number of unbranched alkanes of at least 4 members (excludes halogenated alkanes) is 1. The van der Waals surface area contributed by atoms with Gasteiger partial charge in [-0.1, -0.05) is 43.7 Å². The molecule has 0 unspecified atom stereocenters. The van der Waals surface area contributed by atoms with Crippen LogP contribution in [0.25, 0.3) is 10.8 Å². The molecule has 8 nitrogen and oxygen atoms in total. The number of esters is 1. The molecule has 0 aliphatic heterocycles. The van der Waals surface area contributed by atoms with Gasteiger partial charge >= 0.3 is 11.9 Å². The molecule has 9 heteroatoms. The Morgan fingerprint density at radius 1 is 0.825 bits per heavy atom. The lowest BCUT2D eigenvalue weighted by atomic mass is 9.98. The van der Waals surface area contributed by atoms with E-state index in [1.165, 1.54) is 17.8 Å². The van der Waals surface area contributed by atoms with Gasteiger partial charge in [0.25, 0.3) is 5.91 Å². The van der Waals surface area contributed by atoms with Gasteiger partial charge in [0.1, 0.15) is 0 Å². The van der Waals surface area contributed by atoms with Crippen LogP contribution in [0.4, 0.5) is 11.4 Å². The van der Waals surface area contributed by atoms with Crippen LogP contribution in [-0.4, -0.2) is 41.2 Å². The van der Waals surface area contributed by atoms with Crippen LogP contribution in [0.2, 0.25) is 0 Å². The van der Waals surface area contributed by atoms with E-state index in [0.717, 1.165) is 17.7 Å². The van der Waals surface area contributed by atoms with E-state index >= 15 is 0 Å². The summed E-state index contributed by atoms with van der Waals surface area (Å²) in [6.45, 7) is 2.40. The highest BCUT2D eigenvalue weighted by atomic mass is 32.2. The average molecular weight is 557 g/mol. The second kappa shape index (κ2) is 13.4. The molecule has 4 rings (SSSR count). The number of carboxylic acids is 1. The zero-order chi connectivity index (χ0) is 28.5. The number of hydrogen-bond acceptors (Lipinski definition) is 6. The van der Waals surface area contributed by atoms with Gasteiger partial charge in [0, 0.05) is 27.2 Å². The maximum Gasteiger partial charge on any atom is 0.338 e. The predicted molar refractivity (Wildman–Crippen MR) is 156 cm³/mol. The fourth-order valence-electron chi connectivity index (χ4n) is 4.00. The minimum Gasteiger partial charge on any atom is -0.478 e. The number of carbonyl (C=O) groups excluding carboxylic acids is 3. The molecular weight excluding hydrogens is 528 g/mol. The second-order valence-corrected chi connectivity index (χ2v) is 9.95. The van der Waals surface area contributed by atoms with Crippen molar-refractivity contribution in [2.75, 3.05) is 23.0 Å². The van der Waals surface area contributed by atoms with E-state index in [1.54, 1.807) is 72.8 Å². The highest BCUT2D eigenvalue weighted by Gasteiger charge is 2.17. The number of rotatable bonds is 11. The van der Waals surface area contributed by atoms with Crippen LogP contribution in [0, 0.1) is 0 Å². The molecule has 204 valence electrons. The summed E-state index contributed by atoms with van der Waals surface area (Å²) in [5.41, 5.74) is 1.81. The lowest BCUT2D eigenvalue weighted by molar-refractivity contribution is -0.113. The summed E-state index contributed by atoms with van der Waals surface area (Å²) < 4.78 is 5.19. The summed E-state index contributed by atoms with van der Waals surface area (Å²) >= 11 is 1.30. The van der Waals surface area contributed by atoms with Gasteiger partial charge in [-0.05, 0) is 66.4 Å². The molecule has 0 heterocycles. The quantitative estimate of drug-likeness (QED) is 0.110. The number of carbonyl (C=O) groups is 4. The molecule has 0 radical (unpaired) electrons. The van der Waals surface area contributed by atoms with Crippen LogP contribution in [0.15, 0.2) is 89.8 Å². The van der Waals surface area contributed by atoms with Gasteiger partial charge in [-0.25, -0.2) is 9.59 Å². The van der Waals surface area contributed by atoms with Crippen molar-refractivity contribution in [3.05, 3.63) is 102 Å². The lowest BCUT2D eigenvalue weighted by Crippen LogP contribution is -2.15. The largest absolute Gasteiger partial charge is 0.478 e. The van der Waals surface area contributed by atoms with Crippen molar-refractivity contribution in [1.82, 2.24) is 0 Å². The van der Waals surface area contributed by atoms with E-state index in [4.69, 9.17) is 4.74 Å². The average Bonchev–Trinajstić information content (AvgIpc) is 2.96. The first kappa shape index (κ1) is 28.4. The Hall–Kier alpha value is -4.63. The van der Waals surface area contributed by atoms with Crippen molar-refractivity contribution < 1.29 is 29.0 Å². The fraction of sp³-hybridized carbons (Fsp3) is 0.161. The van der Waals surface area contributed by atoms with Crippen LogP contribution in [-0.2, 0) is 9.53 Å². The maximum absolute atomic E-state index is 13.1. The van der Waals surface area contributed by atoms with Crippen molar-refractivity contribution in [1.29, 1.82) is 0 Å². The number of hydrogen-bond donors (Lipinski definition) is 3. The molecule has 0 spiro atoms. The first-order valence-corrected chi connectivity index (χ1v) is 13.7. The number of aromatic carboxylic acids is 1. The summed E-state index contributed by atoms with van der Waals surface area (Å²) in [4.78, 5) is 50.1. The molecule has 2 amide bonds. The van der Waals surface area contributed by atoms with Crippen LogP contribution >= 0.6 is 11.8 Å². The number of thioether (sulfide) groups is 1. The van der Waals surface area contributed by atoms with E-state index in [2.05, 4.69) is 10.6 Å². The van der Waals surface area contributed by atoms with Crippen LogP contribution in [0.1, 0.15) is 50.8 Å². The summed E-state index contributed by atoms with van der Waals surface area (Å²) in [5, 5.41) is 16.3. The normalized spacial score (nSPS) is 10.6. The molecule has 0 saturated heterocycles. The van der Waals surface area contributed by atoms with Gasteiger partial charge in [0.15, 0.2) is 0 Å². The maximum atomic E-state index is 13.1. The Kier molecular flexibility index (Phi) is 9.53. The van der Waals surface area contributed by atoms with Crippen molar-refractivity contribution >= 4 is 57.7 Å². The fourth-order valence-corrected chi connectivity index (χ4v) is 4.75. The number of carboxylic acid groups (broad SMARTS) is 1. The summed E-state index contributed by atoms with van der Waals surface area (Å²) in [6, 6.07) is 23.5. The van der Waals surface area contributed by atoms with Gasteiger partial charge in [0.2, 0.25) is 5.91 Å². The lowest BCUT2D eigenvalue weighted by Gasteiger charge is -2.11. The van der Waals surface area contributed by atoms with Crippen molar-refractivity contribution in [2.24, 2.45) is 0 Å². The Bertz CT molecular complexity index is 1550. The molecule has 40 heavy (non-hydrogen) atoms. The second-order valence-electron chi connectivity index (χ2n) is 8.90. The van der Waals surface area contributed by atoms with Crippen molar-refractivity contribution in [2.45, 2.75) is 24.7 Å². The van der Waals surface area contributed by atoms with Gasteiger partial charge in [-0.2, -0.15) is 0 Å². The van der Waals surface area contributed by atoms with E-state index in [0.29, 0.717) is 34.3 Å². The Morgan fingerprint density at radius 3 is 2.23 bits per heavy atom. The van der Waals surface area contributed by atoms with E-state index in [-0.39, 0.29) is 22.8 Å². The molecule has 0 aliphatic rings. The standard InChI is InChI=1S/C31H28N2O6S/c1-2-3-17-39-31(38)21-13-15-22(16-14-21)32-27(34)19-40-24-10-6-9-23(18-24)33-29(35)25-11-4-7-20-8-5-12-26(28(20)25)30(36)37/h4-16,18H,2-3,17,19H2,1H3,(H,32,34)(H,33,35)(H,36,37). The SMILES string of the molecule is CCCCOC(=O)c1ccc(NC(=O)CSc2cccc(NC(=O)c3cccc4cccc(C(=O)O)c34)c2)cc1. The third kappa shape index (κ3) is 7.27. The van der Waals surface area contributed by atoms with Crippen LogP contribution < -0.4 is 10.6 Å². The number of fused-ring (bicyclic) bond motifs is 1. The summed E-state index contributed by atoms with van der Waals surface area (Å²) in [7, 11) is 0. The third-order valence-electron chi connectivity index (χ3n) is 5.98. The smallest absolute Gasteiger partial charge is 0.338 e. The van der Waals surface area contributed by atoms with E-state index < -0.39 is 17.8 Å². The molecular formula is C31H28N2O6S. The monoisotopic (exact) mass is 556 g/mol. The zero-order valence-electron chi connectivity index (χ0n) is 21.8. The van der Waals surface area contributed by atoms with Gasteiger partial charge in [-0.15, -0.1) is 11.8 Å². The molecule has 0 bridgehead atoms. The van der Waals surface area contributed by atoms with Gasteiger partial charge in [0.05, 0.1) is 23.5 Å². The number of nitrogens with one attached hydrogen (secondary N) is 2. The number of amides is 2. The molecule has 0 aromatic heterocycles. The van der Waals surface area contributed by atoms with E-state index in [1.807, 2.05) is 13.0 Å². The molecule has 0 aliphatic carbocycles. The minimum absolute atomic E-state index is 0.0557. The number of benzene rings is 4. The number of ether oxygens (including phenoxy) is 1. The molecule has 3 N–H and O–H groups in total. The van der Waals surface area contributed by atoms with Gasteiger partial charge < -0.3 is 20.5 Å². The molecule has 4 aromatic rings. The molecule has 4 aromatic carbocycles. The number of anilines is 2. The molecule has 0 saturated carbocycles. The minimum atomic E-state index is -1.11. The Morgan fingerprint density at radius 2 is 1.52 bits per heavy atom. The zero-order valence-corrected chi connectivity index (χ0v) is 22.6. The van der Waals surface area contributed by atoms with Crippen LogP contribution in [0.3, 0.4) is 0 Å². The summed E-state index contributed by atoms with van der Waals surface area (Å²) in [6.07, 6.45) is 1.75. The van der Waals surface area contributed by atoms with Crippen molar-refractivity contribution in [3.8, 4) is 0 Å². The third-order valence-corrected chi connectivity index (χ3v) is 6.97. The first-order valence-electron chi connectivity index (χ1n) is 12.7. The highest BCUT2D eigenvalue weighted by molar-refractivity contribution is 8.00.